The minimum Gasteiger partial charge on any atom is -0.324 e. The summed E-state index contributed by atoms with van der Waals surface area (Å²) in [5.74, 6) is -0.520. The van der Waals surface area contributed by atoms with Gasteiger partial charge < -0.3 is 4.98 Å². The minimum atomic E-state index is -0.529. The molecule has 84 valence electrons. The molecule has 0 spiro atoms. The van der Waals surface area contributed by atoms with E-state index in [9.17, 15) is 4.79 Å². The van der Waals surface area contributed by atoms with Crippen molar-refractivity contribution in [1.82, 2.24) is 15.4 Å². The van der Waals surface area contributed by atoms with Gasteiger partial charge in [0, 0.05) is 0 Å². The van der Waals surface area contributed by atoms with Gasteiger partial charge in [0.25, 0.3) is 0 Å². The molecule has 0 bridgehead atoms. The molecule has 0 aliphatic carbocycles. The maximum Gasteiger partial charge on any atom is 0.310 e. The number of imidazole rings is 1. The largest absolute Gasteiger partial charge is 0.324 e. The number of nitrogens with one attached hydrogen (secondary N) is 2. The maximum absolute atomic E-state index is 11.4. The van der Waals surface area contributed by atoms with Gasteiger partial charge in [0.1, 0.15) is 5.15 Å². The molecule has 7 heteroatoms. The number of aromatic amines is 1. The zero-order valence-corrected chi connectivity index (χ0v) is 10.0. The Kier molecular flexibility index (Phi) is 3.59. The van der Waals surface area contributed by atoms with E-state index in [1.807, 2.05) is 0 Å². The quantitative estimate of drug-likeness (QED) is 0.792. The molecule has 1 amide bonds. The predicted molar refractivity (Wildman–Crippen MR) is 56.9 cm³/mol. The Morgan fingerprint density at radius 3 is 2.47 bits per heavy atom. The SMILES string of the molecule is CC(C)(C)ONC(=O)c1nc(Cl)c(Cl)[nH]1. The van der Waals surface area contributed by atoms with E-state index in [0.29, 0.717) is 0 Å². The number of H-pyrrole nitrogens is 1. The summed E-state index contributed by atoms with van der Waals surface area (Å²) in [6.45, 7) is 5.40. The van der Waals surface area contributed by atoms with Crippen molar-refractivity contribution in [1.29, 1.82) is 0 Å². The number of aromatic nitrogens is 2. The van der Waals surface area contributed by atoms with Crippen molar-refractivity contribution in [3.05, 3.63) is 16.1 Å². The molecule has 5 nitrogen and oxygen atoms in total. The topological polar surface area (TPSA) is 67.0 Å². The number of hydrogen-bond acceptors (Lipinski definition) is 3. The Morgan fingerprint density at radius 1 is 1.47 bits per heavy atom. The van der Waals surface area contributed by atoms with Crippen LogP contribution < -0.4 is 5.48 Å². The van der Waals surface area contributed by atoms with E-state index >= 15 is 0 Å². The zero-order valence-electron chi connectivity index (χ0n) is 8.52. The number of nitrogens with zero attached hydrogens (tertiary/aromatic N) is 1. The smallest absolute Gasteiger partial charge is 0.310 e. The number of rotatable bonds is 2. The van der Waals surface area contributed by atoms with Gasteiger partial charge in [0.2, 0.25) is 5.82 Å². The Bertz CT molecular complexity index is 351. The minimum absolute atomic E-state index is 0.00856. The van der Waals surface area contributed by atoms with Crippen LogP contribution in [0.2, 0.25) is 10.3 Å². The first-order valence-corrected chi connectivity index (χ1v) is 4.94. The van der Waals surface area contributed by atoms with Gasteiger partial charge in [-0.2, -0.15) is 0 Å². The Labute approximate surface area is 97.1 Å². The Morgan fingerprint density at radius 2 is 2.07 bits per heavy atom. The fraction of sp³-hybridized carbons (Fsp3) is 0.500. The first-order chi connectivity index (χ1) is 6.79. The van der Waals surface area contributed by atoms with Crippen LogP contribution in [0.25, 0.3) is 0 Å². The number of halogens is 2. The molecule has 0 atom stereocenters. The van der Waals surface area contributed by atoms with Crippen LogP contribution in [0.5, 0.6) is 0 Å². The number of amides is 1. The van der Waals surface area contributed by atoms with Crippen molar-refractivity contribution < 1.29 is 9.63 Å². The van der Waals surface area contributed by atoms with Gasteiger partial charge >= 0.3 is 5.91 Å². The number of hydroxylamine groups is 1. The fourth-order valence-corrected chi connectivity index (χ4v) is 0.950. The highest BCUT2D eigenvalue weighted by atomic mass is 35.5. The number of carbonyl (C=O) groups is 1. The van der Waals surface area contributed by atoms with E-state index in [0.717, 1.165) is 0 Å². The molecule has 0 aromatic carbocycles. The maximum atomic E-state index is 11.4. The molecule has 0 aliphatic heterocycles. The summed E-state index contributed by atoms with van der Waals surface area (Å²) in [5, 5.41) is 0.176. The van der Waals surface area contributed by atoms with Crippen LogP contribution in [-0.2, 0) is 4.84 Å². The van der Waals surface area contributed by atoms with Gasteiger partial charge in [-0.25, -0.2) is 10.5 Å². The molecular weight excluding hydrogens is 241 g/mol. The van der Waals surface area contributed by atoms with Crippen molar-refractivity contribution in [3.63, 3.8) is 0 Å². The van der Waals surface area contributed by atoms with E-state index in [1.54, 1.807) is 20.8 Å². The lowest BCUT2D eigenvalue weighted by Gasteiger charge is -2.18. The van der Waals surface area contributed by atoms with Gasteiger partial charge in [-0.1, -0.05) is 23.2 Å². The third kappa shape index (κ3) is 3.70. The normalized spacial score (nSPS) is 11.5. The van der Waals surface area contributed by atoms with Crippen LogP contribution >= 0.6 is 23.2 Å². The van der Waals surface area contributed by atoms with Crippen LogP contribution in [0.15, 0.2) is 0 Å². The molecule has 1 aromatic rings. The molecule has 1 rings (SSSR count). The summed E-state index contributed by atoms with van der Waals surface area (Å²) in [7, 11) is 0. The molecule has 0 aliphatic rings. The van der Waals surface area contributed by atoms with Gasteiger partial charge in [0.15, 0.2) is 5.15 Å². The van der Waals surface area contributed by atoms with E-state index in [1.165, 1.54) is 0 Å². The Hall–Kier alpha value is -0.780. The third-order valence-electron chi connectivity index (χ3n) is 1.28. The highest BCUT2D eigenvalue weighted by Crippen LogP contribution is 2.17. The van der Waals surface area contributed by atoms with Crippen molar-refractivity contribution in [2.24, 2.45) is 0 Å². The molecule has 0 unspecified atom stereocenters. The lowest BCUT2D eigenvalue weighted by Crippen LogP contribution is -2.34. The molecule has 15 heavy (non-hydrogen) atoms. The molecular formula is C8H11Cl2N3O2. The summed E-state index contributed by atoms with van der Waals surface area (Å²) >= 11 is 11.2. The molecule has 0 saturated carbocycles. The van der Waals surface area contributed by atoms with Gasteiger partial charge in [-0.05, 0) is 20.8 Å². The lowest BCUT2D eigenvalue weighted by molar-refractivity contribution is -0.0593. The van der Waals surface area contributed by atoms with E-state index in [4.69, 9.17) is 28.0 Å². The molecule has 1 heterocycles. The first kappa shape index (κ1) is 12.3. The third-order valence-corrected chi connectivity index (χ3v) is 1.93. The number of carbonyl (C=O) groups excluding carboxylic acids is 1. The summed E-state index contributed by atoms with van der Waals surface area (Å²) < 4.78 is 0. The highest BCUT2D eigenvalue weighted by Gasteiger charge is 2.17. The Balaban J connectivity index is 2.62. The zero-order chi connectivity index (χ0) is 11.6. The second kappa shape index (κ2) is 4.38. The average Bonchev–Trinajstić information content (AvgIpc) is 2.42. The van der Waals surface area contributed by atoms with Crippen LogP contribution in [0, 0.1) is 0 Å². The molecule has 2 N–H and O–H groups in total. The van der Waals surface area contributed by atoms with Crippen molar-refractivity contribution in [2.75, 3.05) is 0 Å². The van der Waals surface area contributed by atoms with Crippen molar-refractivity contribution in [2.45, 2.75) is 26.4 Å². The molecule has 0 saturated heterocycles. The van der Waals surface area contributed by atoms with Gasteiger partial charge in [-0.15, -0.1) is 0 Å². The summed E-state index contributed by atoms with van der Waals surface area (Å²) in [6.07, 6.45) is 0. The summed E-state index contributed by atoms with van der Waals surface area (Å²) in [6, 6.07) is 0. The van der Waals surface area contributed by atoms with Gasteiger partial charge in [-0.3, -0.25) is 9.63 Å². The van der Waals surface area contributed by atoms with Gasteiger partial charge in [0.05, 0.1) is 5.60 Å². The van der Waals surface area contributed by atoms with E-state index < -0.39 is 11.5 Å². The number of hydrogen-bond donors (Lipinski definition) is 2. The second-order valence-electron chi connectivity index (χ2n) is 3.84. The summed E-state index contributed by atoms with van der Waals surface area (Å²) in [5.41, 5.74) is 1.75. The molecule has 0 radical (unpaired) electrons. The second-order valence-corrected chi connectivity index (χ2v) is 4.57. The fourth-order valence-electron chi connectivity index (χ4n) is 0.686. The van der Waals surface area contributed by atoms with E-state index in [2.05, 4.69) is 15.4 Å². The van der Waals surface area contributed by atoms with Crippen molar-refractivity contribution >= 4 is 29.1 Å². The standard InChI is InChI=1S/C8H11Cl2N3O2/c1-8(2,3)15-13-7(14)6-11-4(9)5(10)12-6/h1-3H3,(H,11,12)(H,13,14). The van der Waals surface area contributed by atoms with Crippen LogP contribution in [0.1, 0.15) is 31.4 Å². The monoisotopic (exact) mass is 251 g/mol. The van der Waals surface area contributed by atoms with Crippen LogP contribution in [0.3, 0.4) is 0 Å². The highest BCUT2D eigenvalue weighted by molar-refractivity contribution is 6.40. The van der Waals surface area contributed by atoms with E-state index in [-0.39, 0.29) is 16.1 Å². The first-order valence-electron chi connectivity index (χ1n) is 4.19. The van der Waals surface area contributed by atoms with Crippen LogP contribution in [-0.4, -0.2) is 21.5 Å². The molecule has 0 fully saturated rings. The lowest BCUT2D eigenvalue weighted by atomic mass is 10.2. The summed E-state index contributed by atoms with van der Waals surface area (Å²) in [4.78, 5) is 22.7. The molecule has 1 aromatic heterocycles. The van der Waals surface area contributed by atoms with Crippen molar-refractivity contribution in [3.8, 4) is 0 Å². The average molecular weight is 252 g/mol. The predicted octanol–water partition coefficient (Wildman–Crippen LogP) is 2.18. The van der Waals surface area contributed by atoms with Crippen LogP contribution in [0.4, 0.5) is 0 Å².